The number of amides is 1. The molecule has 1 amide bonds. The summed E-state index contributed by atoms with van der Waals surface area (Å²) in [5.41, 5.74) is 1.16. The Morgan fingerprint density at radius 2 is 2.22 bits per heavy atom. The molecule has 0 bridgehead atoms. The summed E-state index contributed by atoms with van der Waals surface area (Å²) in [6, 6.07) is 6.30. The molecule has 98 valence electrons. The predicted molar refractivity (Wildman–Crippen MR) is 74.8 cm³/mol. The highest BCUT2D eigenvalue weighted by Crippen LogP contribution is 2.28. The van der Waals surface area contributed by atoms with Gasteiger partial charge >= 0.3 is 0 Å². The molecule has 1 aromatic carbocycles. The van der Waals surface area contributed by atoms with E-state index >= 15 is 0 Å². The standard InChI is InChI=1S/C14H18BrNO2/c1-3-16(11-5-6-11)14(17)9-18-13-7-4-10(2)8-12(13)15/h4,7-8,11H,3,5-6,9H2,1-2H3. The first-order chi connectivity index (χ1) is 8.61. The Labute approximate surface area is 116 Å². The fraction of sp³-hybridized carbons (Fsp3) is 0.500. The average Bonchev–Trinajstić information content (AvgIpc) is 3.13. The molecule has 3 nitrogen and oxygen atoms in total. The van der Waals surface area contributed by atoms with Gasteiger partial charge in [-0.3, -0.25) is 4.79 Å². The van der Waals surface area contributed by atoms with Crippen molar-refractivity contribution >= 4 is 21.8 Å². The van der Waals surface area contributed by atoms with Gasteiger partial charge in [0.25, 0.3) is 5.91 Å². The first-order valence-corrected chi connectivity index (χ1v) is 7.09. The number of halogens is 1. The van der Waals surface area contributed by atoms with Gasteiger partial charge in [-0.05, 0) is 60.3 Å². The zero-order valence-electron chi connectivity index (χ0n) is 10.8. The van der Waals surface area contributed by atoms with Gasteiger partial charge in [0, 0.05) is 12.6 Å². The highest BCUT2D eigenvalue weighted by Gasteiger charge is 2.31. The minimum absolute atomic E-state index is 0.0764. The third kappa shape index (κ3) is 3.25. The van der Waals surface area contributed by atoms with Crippen molar-refractivity contribution in [3.63, 3.8) is 0 Å². The molecular formula is C14H18BrNO2. The summed E-state index contributed by atoms with van der Waals surface area (Å²) in [5.74, 6) is 0.799. The zero-order valence-corrected chi connectivity index (χ0v) is 12.4. The van der Waals surface area contributed by atoms with E-state index in [2.05, 4.69) is 15.9 Å². The van der Waals surface area contributed by atoms with Crippen LogP contribution in [0.1, 0.15) is 25.3 Å². The summed E-state index contributed by atoms with van der Waals surface area (Å²) in [6.07, 6.45) is 2.27. The van der Waals surface area contributed by atoms with Crippen molar-refractivity contribution in [2.75, 3.05) is 13.2 Å². The van der Waals surface area contributed by atoms with E-state index in [0.29, 0.717) is 6.04 Å². The second-order valence-electron chi connectivity index (χ2n) is 4.63. The van der Waals surface area contributed by atoms with Crippen molar-refractivity contribution in [2.45, 2.75) is 32.7 Å². The second-order valence-corrected chi connectivity index (χ2v) is 5.49. The molecule has 0 N–H and O–H groups in total. The Bertz CT molecular complexity index is 443. The third-order valence-electron chi connectivity index (χ3n) is 3.09. The summed E-state index contributed by atoms with van der Waals surface area (Å²) in [7, 11) is 0. The van der Waals surface area contributed by atoms with Crippen LogP contribution in [0.5, 0.6) is 5.75 Å². The third-order valence-corrected chi connectivity index (χ3v) is 3.71. The van der Waals surface area contributed by atoms with Crippen LogP contribution in [-0.4, -0.2) is 30.0 Å². The summed E-state index contributed by atoms with van der Waals surface area (Å²) >= 11 is 3.44. The molecule has 0 aliphatic heterocycles. The number of rotatable bonds is 5. The SMILES string of the molecule is CCN(C(=O)COc1ccc(C)cc1Br)C1CC1. The Morgan fingerprint density at radius 1 is 1.50 bits per heavy atom. The van der Waals surface area contributed by atoms with E-state index in [1.807, 2.05) is 36.9 Å². The molecule has 1 aliphatic rings. The van der Waals surface area contributed by atoms with E-state index in [-0.39, 0.29) is 12.5 Å². The molecule has 4 heteroatoms. The Balaban J connectivity index is 1.92. The summed E-state index contributed by atoms with van der Waals surface area (Å²) in [5, 5.41) is 0. The van der Waals surface area contributed by atoms with Gasteiger partial charge in [-0.15, -0.1) is 0 Å². The quantitative estimate of drug-likeness (QED) is 0.836. The molecule has 2 rings (SSSR count). The Kier molecular flexibility index (Phi) is 4.27. The summed E-state index contributed by atoms with van der Waals surface area (Å²) in [6.45, 7) is 4.91. The number of nitrogens with zero attached hydrogens (tertiary/aromatic N) is 1. The smallest absolute Gasteiger partial charge is 0.260 e. The number of carbonyl (C=O) groups is 1. The Hall–Kier alpha value is -1.03. The van der Waals surface area contributed by atoms with E-state index in [4.69, 9.17) is 4.74 Å². The first kappa shape index (κ1) is 13.4. The number of hydrogen-bond acceptors (Lipinski definition) is 2. The normalized spacial score (nSPS) is 14.4. The minimum atomic E-state index is 0.0764. The summed E-state index contributed by atoms with van der Waals surface area (Å²) in [4.78, 5) is 13.9. The fourth-order valence-corrected chi connectivity index (χ4v) is 2.58. The van der Waals surface area contributed by atoms with Crippen LogP contribution in [0, 0.1) is 6.92 Å². The molecular weight excluding hydrogens is 294 g/mol. The van der Waals surface area contributed by atoms with E-state index in [1.54, 1.807) is 0 Å². The van der Waals surface area contributed by atoms with Gasteiger partial charge in [-0.1, -0.05) is 6.07 Å². The molecule has 0 atom stereocenters. The highest BCUT2D eigenvalue weighted by molar-refractivity contribution is 9.10. The summed E-state index contributed by atoms with van der Waals surface area (Å²) < 4.78 is 6.47. The van der Waals surface area contributed by atoms with Gasteiger partial charge < -0.3 is 9.64 Å². The Morgan fingerprint density at radius 3 is 2.78 bits per heavy atom. The van der Waals surface area contributed by atoms with Crippen molar-refractivity contribution < 1.29 is 9.53 Å². The van der Waals surface area contributed by atoms with Crippen molar-refractivity contribution in [3.05, 3.63) is 28.2 Å². The zero-order chi connectivity index (χ0) is 13.1. The molecule has 0 aromatic heterocycles. The van der Waals surface area contributed by atoms with Crippen molar-refractivity contribution in [3.8, 4) is 5.75 Å². The fourth-order valence-electron chi connectivity index (χ4n) is 1.97. The molecule has 18 heavy (non-hydrogen) atoms. The van der Waals surface area contributed by atoms with Gasteiger partial charge in [0.15, 0.2) is 6.61 Å². The topological polar surface area (TPSA) is 29.5 Å². The maximum atomic E-state index is 12.0. The van der Waals surface area contributed by atoms with Crippen molar-refractivity contribution in [2.24, 2.45) is 0 Å². The highest BCUT2D eigenvalue weighted by atomic mass is 79.9. The van der Waals surface area contributed by atoms with E-state index < -0.39 is 0 Å². The number of aryl methyl sites for hydroxylation is 1. The average molecular weight is 312 g/mol. The van der Waals surface area contributed by atoms with Gasteiger partial charge in [0.1, 0.15) is 5.75 Å². The van der Waals surface area contributed by atoms with E-state index in [9.17, 15) is 4.79 Å². The van der Waals surface area contributed by atoms with Gasteiger partial charge in [-0.2, -0.15) is 0 Å². The molecule has 0 saturated heterocycles. The van der Waals surface area contributed by atoms with Crippen LogP contribution >= 0.6 is 15.9 Å². The maximum Gasteiger partial charge on any atom is 0.260 e. The molecule has 0 heterocycles. The van der Waals surface area contributed by atoms with Crippen LogP contribution in [0.3, 0.4) is 0 Å². The second kappa shape index (κ2) is 5.74. The number of carbonyl (C=O) groups excluding carboxylic acids is 1. The molecule has 0 spiro atoms. The first-order valence-electron chi connectivity index (χ1n) is 6.30. The van der Waals surface area contributed by atoms with Crippen LogP contribution in [0.15, 0.2) is 22.7 Å². The van der Waals surface area contributed by atoms with Crippen molar-refractivity contribution in [1.82, 2.24) is 4.90 Å². The lowest BCUT2D eigenvalue weighted by atomic mass is 10.2. The minimum Gasteiger partial charge on any atom is -0.483 e. The van der Waals surface area contributed by atoms with Crippen LogP contribution in [0.4, 0.5) is 0 Å². The van der Waals surface area contributed by atoms with E-state index in [1.165, 1.54) is 0 Å². The number of ether oxygens (including phenoxy) is 1. The molecule has 1 fully saturated rings. The lowest BCUT2D eigenvalue weighted by Gasteiger charge is -2.20. The van der Waals surface area contributed by atoms with Crippen molar-refractivity contribution in [1.29, 1.82) is 0 Å². The van der Waals surface area contributed by atoms with Gasteiger partial charge in [0.05, 0.1) is 4.47 Å². The number of hydrogen-bond donors (Lipinski definition) is 0. The van der Waals surface area contributed by atoms with Gasteiger partial charge in [0.2, 0.25) is 0 Å². The lowest BCUT2D eigenvalue weighted by molar-refractivity contribution is -0.133. The van der Waals surface area contributed by atoms with E-state index in [0.717, 1.165) is 35.2 Å². The molecule has 0 unspecified atom stereocenters. The number of likely N-dealkylation sites (N-methyl/N-ethyl adjacent to an activating group) is 1. The monoisotopic (exact) mass is 311 g/mol. The maximum absolute atomic E-state index is 12.0. The number of benzene rings is 1. The van der Waals surface area contributed by atoms with Gasteiger partial charge in [-0.25, -0.2) is 0 Å². The van der Waals surface area contributed by atoms with Crippen LogP contribution < -0.4 is 4.74 Å². The molecule has 1 saturated carbocycles. The molecule has 1 aromatic rings. The predicted octanol–water partition coefficient (Wildman–Crippen LogP) is 3.15. The van der Waals surface area contributed by atoms with Crippen LogP contribution in [0.25, 0.3) is 0 Å². The lowest BCUT2D eigenvalue weighted by Crippen LogP contribution is -2.36. The molecule has 0 radical (unpaired) electrons. The molecule has 1 aliphatic carbocycles. The van der Waals surface area contributed by atoms with Crippen LogP contribution in [0.2, 0.25) is 0 Å². The van der Waals surface area contributed by atoms with Crippen LogP contribution in [-0.2, 0) is 4.79 Å². The largest absolute Gasteiger partial charge is 0.483 e.